The fourth-order valence-corrected chi connectivity index (χ4v) is 6.43. The Kier molecular flexibility index (Phi) is 2.59. The molecule has 112 valence electrons. The van der Waals surface area contributed by atoms with E-state index in [4.69, 9.17) is 9.78 Å². The second kappa shape index (κ2) is 4.09. The summed E-state index contributed by atoms with van der Waals surface area (Å²) < 4.78 is 5.41. The molecule has 1 aromatic heterocycles. The summed E-state index contributed by atoms with van der Waals surface area (Å²) in [6.07, 6.45) is 8.80. The summed E-state index contributed by atoms with van der Waals surface area (Å²) >= 11 is 0. The van der Waals surface area contributed by atoms with Crippen molar-refractivity contribution in [2.45, 2.75) is 70.6 Å². The van der Waals surface area contributed by atoms with E-state index < -0.39 is 0 Å². The molecule has 4 aliphatic carbocycles. The molecule has 0 amide bonds. The van der Waals surface area contributed by atoms with Crippen LogP contribution in [-0.4, -0.2) is 10.1 Å². The van der Waals surface area contributed by atoms with Gasteiger partial charge in [-0.05, 0) is 55.3 Å². The molecule has 4 heteroatoms. The van der Waals surface area contributed by atoms with E-state index in [1.54, 1.807) is 0 Å². The quantitative estimate of drug-likeness (QED) is 0.848. The molecule has 1 aromatic rings. The fourth-order valence-electron chi connectivity index (χ4n) is 6.43. The molecular weight excluding hydrogens is 262 g/mol. The van der Waals surface area contributed by atoms with Gasteiger partial charge < -0.3 is 4.52 Å². The zero-order chi connectivity index (χ0) is 14.7. The monoisotopic (exact) mass is 285 g/mol. The van der Waals surface area contributed by atoms with E-state index in [0.29, 0.717) is 29.6 Å². The maximum absolute atomic E-state index is 8.69. The summed E-state index contributed by atoms with van der Waals surface area (Å²) in [6, 6.07) is 2.15. The van der Waals surface area contributed by atoms with Crippen molar-refractivity contribution >= 4 is 0 Å². The van der Waals surface area contributed by atoms with Crippen molar-refractivity contribution in [2.75, 3.05) is 0 Å². The number of nitrogens with zero attached hydrogens (tertiary/aromatic N) is 3. The number of aromatic nitrogens is 2. The molecule has 2 atom stereocenters. The second-order valence-electron chi connectivity index (χ2n) is 8.58. The van der Waals surface area contributed by atoms with Crippen molar-refractivity contribution < 1.29 is 4.52 Å². The Balaban J connectivity index is 1.68. The minimum Gasteiger partial charge on any atom is -0.339 e. The lowest BCUT2D eigenvalue weighted by Crippen LogP contribution is -2.57. The van der Waals surface area contributed by atoms with Crippen molar-refractivity contribution in [3.05, 3.63) is 11.7 Å². The fraction of sp³-hybridized carbons (Fsp3) is 0.824. The molecule has 4 aliphatic rings. The first-order chi connectivity index (χ1) is 9.94. The molecule has 0 N–H and O–H groups in total. The van der Waals surface area contributed by atoms with E-state index in [-0.39, 0.29) is 5.41 Å². The van der Waals surface area contributed by atoms with Gasteiger partial charge in [0, 0.05) is 18.3 Å². The van der Waals surface area contributed by atoms with Crippen molar-refractivity contribution in [2.24, 2.45) is 16.7 Å². The van der Waals surface area contributed by atoms with Gasteiger partial charge in [0.05, 0.1) is 6.07 Å². The largest absolute Gasteiger partial charge is 0.339 e. The Morgan fingerprint density at radius 1 is 1.19 bits per heavy atom. The normalized spacial score (nSPS) is 44.0. The van der Waals surface area contributed by atoms with Crippen molar-refractivity contribution in [1.29, 1.82) is 5.26 Å². The topological polar surface area (TPSA) is 62.7 Å². The van der Waals surface area contributed by atoms with Crippen LogP contribution in [0.1, 0.15) is 70.5 Å². The zero-order valence-corrected chi connectivity index (χ0v) is 13.0. The minimum absolute atomic E-state index is 0.136. The highest BCUT2D eigenvalue weighted by Crippen LogP contribution is 2.69. The molecule has 2 unspecified atom stereocenters. The Morgan fingerprint density at radius 3 is 2.52 bits per heavy atom. The summed E-state index contributed by atoms with van der Waals surface area (Å²) in [5.74, 6) is 2.40. The van der Waals surface area contributed by atoms with Crippen LogP contribution < -0.4 is 0 Å². The maximum Gasteiger partial charge on any atom is 0.227 e. The molecule has 5 rings (SSSR count). The van der Waals surface area contributed by atoms with E-state index in [0.717, 1.165) is 11.7 Å². The number of hydrogen-bond donors (Lipinski definition) is 0. The highest BCUT2D eigenvalue weighted by molar-refractivity contribution is 5.21. The first-order valence-corrected chi connectivity index (χ1v) is 8.14. The number of aryl methyl sites for hydroxylation is 1. The Morgan fingerprint density at radius 2 is 1.90 bits per heavy atom. The van der Waals surface area contributed by atoms with Crippen molar-refractivity contribution in [3.63, 3.8) is 0 Å². The van der Waals surface area contributed by atoms with E-state index in [1.165, 1.54) is 38.5 Å². The molecule has 0 spiro atoms. The third-order valence-electron chi connectivity index (χ3n) is 6.02. The predicted octanol–water partition coefficient (Wildman–Crippen LogP) is 3.77. The van der Waals surface area contributed by atoms with Gasteiger partial charge in [-0.3, -0.25) is 0 Å². The highest BCUT2D eigenvalue weighted by Gasteiger charge is 2.62. The molecule has 0 saturated heterocycles. The SMILES string of the molecule is CC12CC3CC(C)(C1)CC(c1noc(CCC#N)n1)(C3)C2. The molecule has 21 heavy (non-hydrogen) atoms. The van der Waals surface area contributed by atoms with Crippen LogP contribution in [0.25, 0.3) is 0 Å². The van der Waals surface area contributed by atoms with Crippen LogP contribution in [0.5, 0.6) is 0 Å². The second-order valence-corrected chi connectivity index (χ2v) is 8.58. The van der Waals surface area contributed by atoms with Crippen LogP contribution in [0, 0.1) is 28.1 Å². The number of nitriles is 1. The lowest BCUT2D eigenvalue weighted by Gasteiger charge is -2.64. The lowest BCUT2D eigenvalue weighted by molar-refractivity contribution is -0.113. The van der Waals surface area contributed by atoms with E-state index in [2.05, 4.69) is 30.1 Å². The molecule has 1 heterocycles. The molecule has 0 radical (unpaired) electrons. The van der Waals surface area contributed by atoms with Crippen LogP contribution in [0.2, 0.25) is 0 Å². The zero-order valence-electron chi connectivity index (χ0n) is 13.0. The van der Waals surface area contributed by atoms with Gasteiger partial charge in [-0.15, -0.1) is 0 Å². The average Bonchev–Trinajstić information content (AvgIpc) is 2.81. The first kappa shape index (κ1) is 13.3. The van der Waals surface area contributed by atoms with Gasteiger partial charge in [-0.25, -0.2) is 0 Å². The predicted molar refractivity (Wildman–Crippen MR) is 77.3 cm³/mol. The lowest BCUT2D eigenvalue weighted by atomic mass is 9.40. The maximum atomic E-state index is 8.69. The van der Waals surface area contributed by atoms with Gasteiger partial charge >= 0.3 is 0 Å². The molecule has 0 aromatic carbocycles. The van der Waals surface area contributed by atoms with Crippen molar-refractivity contribution in [1.82, 2.24) is 10.1 Å². The van der Waals surface area contributed by atoms with Crippen molar-refractivity contribution in [3.8, 4) is 6.07 Å². The standard InChI is InChI=1S/C17H23N3O/c1-15-6-12-7-16(2,9-15)11-17(8-12,10-15)14-19-13(21-20-14)4-3-5-18/h12H,3-4,6-11H2,1-2H3. The summed E-state index contributed by atoms with van der Waals surface area (Å²) in [4.78, 5) is 4.67. The van der Waals surface area contributed by atoms with Gasteiger partial charge in [-0.1, -0.05) is 19.0 Å². The molecule has 4 nitrogen and oxygen atoms in total. The smallest absolute Gasteiger partial charge is 0.227 e. The Bertz CT molecular complexity index is 596. The third kappa shape index (κ3) is 2.01. The Labute approximate surface area is 125 Å². The van der Waals surface area contributed by atoms with Gasteiger partial charge in [-0.2, -0.15) is 10.2 Å². The summed E-state index contributed by atoms with van der Waals surface area (Å²) in [5, 5.41) is 13.0. The van der Waals surface area contributed by atoms with Crippen LogP contribution in [0.3, 0.4) is 0 Å². The molecule has 4 bridgehead atoms. The van der Waals surface area contributed by atoms with Gasteiger partial charge in [0.25, 0.3) is 0 Å². The van der Waals surface area contributed by atoms with Crippen LogP contribution in [0.4, 0.5) is 0 Å². The number of hydrogen-bond acceptors (Lipinski definition) is 4. The van der Waals surface area contributed by atoms with E-state index in [1.807, 2.05) is 0 Å². The summed E-state index contributed by atoms with van der Waals surface area (Å²) in [6.45, 7) is 4.92. The first-order valence-electron chi connectivity index (χ1n) is 8.14. The van der Waals surface area contributed by atoms with Gasteiger partial charge in [0.15, 0.2) is 5.82 Å². The van der Waals surface area contributed by atoms with Crippen LogP contribution in [-0.2, 0) is 11.8 Å². The summed E-state index contributed by atoms with van der Waals surface area (Å²) in [5.41, 5.74) is 1.06. The molecule has 0 aliphatic heterocycles. The van der Waals surface area contributed by atoms with Gasteiger partial charge in [0.2, 0.25) is 5.89 Å². The Hall–Kier alpha value is -1.37. The highest BCUT2D eigenvalue weighted by atomic mass is 16.5. The average molecular weight is 285 g/mol. The van der Waals surface area contributed by atoms with E-state index >= 15 is 0 Å². The van der Waals surface area contributed by atoms with Gasteiger partial charge in [0.1, 0.15) is 0 Å². The van der Waals surface area contributed by atoms with Crippen LogP contribution in [0.15, 0.2) is 4.52 Å². The third-order valence-corrected chi connectivity index (χ3v) is 6.02. The summed E-state index contributed by atoms with van der Waals surface area (Å²) in [7, 11) is 0. The van der Waals surface area contributed by atoms with Crippen LogP contribution >= 0.6 is 0 Å². The molecule has 4 fully saturated rings. The number of rotatable bonds is 3. The minimum atomic E-state index is 0.136. The molecular formula is C17H23N3O. The van der Waals surface area contributed by atoms with E-state index in [9.17, 15) is 0 Å². The molecule has 4 saturated carbocycles.